The van der Waals surface area contributed by atoms with Gasteiger partial charge in [0.1, 0.15) is 0 Å². The fraction of sp³-hybridized carbons (Fsp3) is 0.846. The van der Waals surface area contributed by atoms with Gasteiger partial charge in [-0.3, -0.25) is 9.59 Å². The number of hydrogen-bond acceptors (Lipinski definition) is 2. The molecule has 0 rings (SSSR count). The molecule has 0 saturated heterocycles. The minimum atomic E-state index is 0.0517. The van der Waals surface area contributed by atoms with Crippen molar-refractivity contribution in [3.63, 3.8) is 0 Å². The van der Waals surface area contributed by atoms with E-state index in [1.807, 2.05) is 14.0 Å². The van der Waals surface area contributed by atoms with Gasteiger partial charge < -0.3 is 9.80 Å². The number of unbranched alkanes of at least 4 members (excludes halogenated alkanes) is 1. The van der Waals surface area contributed by atoms with Gasteiger partial charge in [-0.25, -0.2) is 0 Å². The second-order valence-electron chi connectivity index (χ2n) is 4.42. The van der Waals surface area contributed by atoms with Gasteiger partial charge in [0.15, 0.2) is 0 Å². The molecular weight excluding hydrogens is 216 g/mol. The Labute approximate surface area is 105 Å². The first-order valence-corrected chi connectivity index (χ1v) is 6.52. The molecule has 0 aromatic rings. The molecule has 0 aliphatic carbocycles. The predicted octanol–water partition coefficient (Wildman–Crippen LogP) is 1.89. The van der Waals surface area contributed by atoms with Gasteiger partial charge in [0.25, 0.3) is 0 Å². The summed E-state index contributed by atoms with van der Waals surface area (Å²) in [6.45, 7) is 7.78. The first-order valence-electron chi connectivity index (χ1n) is 6.52. The Kier molecular flexibility index (Phi) is 8.46. The van der Waals surface area contributed by atoms with E-state index in [-0.39, 0.29) is 11.8 Å². The number of carbonyl (C=O) groups is 2. The van der Waals surface area contributed by atoms with Crippen LogP contribution in [0.25, 0.3) is 0 Å². The maximum atomic E-state index is 11.8. The van der Waals surface area contributed by atoms with E-state index in [0.29, 0.717) is 13.0 Å². The minimum Gasteiger partial charge on any atom is -0.346 e. The van der Waals surface area contributed by atoms with Crippen molar-refractivity contribution >= 4 is 11.8 Å². The van der Waals surface area contributed by atoms with Crippen LogP contribution in [-0.2, 0) is 9.59 Å². The van der Waals surface area contributed by atoms with Gasteiger partial charge in [-0.1, -0.05) is 20.3 Å². The first kappa shape index (κ1) is 15.9. The van der Waals surface area contributed by atoms with E-state index in [1.54, 1.807) is 16.7 Å². The van der Waals surface area contributed by atoms with Gasteiger partial charge in [0.05, 0.1) is 0 Å². The molecule has 0 aromatic heterocycles. The summed E-state index contributed by atoms with van der Waals surface area (Å²) in [4.78, 5) is 26.6. The van der Waals surface area contributed by atoms with Crippen molar-refractivity contribution in [2.75, 3.05) is 26.7 Å². The Morgan fingerprint density at radius 3 is 2.12 bits per heavy atom. The summed E-state index contributed by atoms with van der Waals surface area (Å²) in [7, 11) is 1.83. The van der Waals surface area contributed by atoms with Gasteiger partial charge in [-0.05, 0) is 12.8 Å². The minimum absolute atomic E-state index is 0.0517. The van der Waals surface area contributed by atoms with E-state index in [0.717, 1.165) is 32.4 Å². The molecule has 4 heteroatoms. The van der Waals surface area contributed by atoms with Gasteiger partial charge in [-0.15, -0.1) is 0 Å². The van der Waals surface area contributed by atoms with E-state index in [9.17, 15) is 9.59 Å². The summed E-state index contributed by atoms with van der Waals surface area (Å²) in [6, 6.07) is 0. The molecule has 0 radical (unpaired) electrons. The van der Waals surface area contributed by atoms with Crippen LogP contribution in [0.15, 0.2) is 0 Å². The highest BCUT2D eigenvalue weighted by molar-refractivity contribution is 5.77. The van der Waals surface area contributed by atoms with Crippen LogP contribution in [0.4, 0.5) is 0 Å². The maximum absolute atomic E-state index is 11.8. The lowest BCUT2D eigenvalue weighted by Gasteiger charge is -2.22. The number of carbonyl (C=O) groups excluding carboxylic acids is 2. The summed E-state index contributed by atoms with van der Waals surface area (Å²) < 4.78 is 0. The second-order valence-corrected chi connectivity index (χ2v) is 4.42. The van der Waals surface area contributed by atoms with Crippen LogP contribution in [0.2, 0.25) is 0 Å². The Morgan fingerprint density at radius 1 is 1.00 bits per heavy atom. The molecule has 0 unspecified atom stereocenters. The summed E-state index contributed by atoms with van der Waals surface area (Å²) >= 11 is 0. The Balaban J connectivity index is 3.98. The highest BCUT2D eigenvalue weighted by Crippen LogP contribution is 1.99. The van der Waals surface area contributed by atoms with Crippen molar-refractivity contribution in [3.8, 4) is 0 Å². The van der Waals surface area contributed by atoms with Crippen LogP contribution in [-0.4, -0.2) is 48.3 Å². The summed E-state index contributed by atoms with van der Waals surface area (Å²) in [5.74, 6) is 0.177. The molecule has 0 spiro atoms. The van der Waals surface area contributed by atoms with Gasteiger partial charge >= 0.3 is 0 Å². The molecule has 4 nitrogen and oxygen atoms in total. The number of hydrogen-bond donors (Lipinski definition) is 0. The van der Waals surface area contributed by atoms with E-state index in [2.05, 4.69) is 6.92 Å². The third kappa shape index (κ3) is 6.97. The van der Waals surface area contributed by atoms with Crippen LogP contribution in [0.3, 0.4) is 0 Å². The summed E-state index contributed by atoms with van der Waals surface area (Å²) in [5.41, 5.74) is 0. The monoisotopic (exact) mass is 242 g/mol. The van der Waals surface area contributed by atoms with Gasteiger partial charge in [0, 0.05) is 40.0 Å². The molecular formula is C13H26N2O2. The van der Waals surface area contributed by atoms with Crippen LogP contribution < -0.4 is 0 Å². The highest BCUT2D eigenvalue weighted by atomic mass is 16.2. The second kappa shape index (κ2) is 9.02. The SMILES string of the molecule is CCCCN(C)C(=O)CCN(CCC)C(C)=O. The van der Waals surface area contributed by atoms with Crippen LogP contribution >= 0.6 is 0 Å². The van der Waals surface area contributed by atoms with Crippen molar-refractivity contribution in [1.29, 1.82) is 0 Å². The molecule has 0 fully saturated rings. The fourth-order valence-corrected chi connectivity index (χ4v) is 1.64. The topological polar surface area (TPSA) is 40.6 Å². The lowest BCUT2D eigenvalue weighted by molar-refractivity contribution is -0.132. The molecule has 100 valence electrons. The smallest absolute Gasteiger partial charge is 0.224 e. The van der Waals surface area contributed by atoms with Crippen LogP contribution in [0.1, 0.15) is 46.5 Å². The number of rotatable bonds is 8. The first-order chi connectivity index (χ1) is 8.02. The molecule has 0 atom stereocenters. The Bertz CT molecular complexity index is 242. The predicted molar refractivity (Wildman–Crippen MR) is 69.7 cm³/mol. The Morgan fingerprint density at radius 2 is 1.65 bits per heavy atom. The molecule has 2 amide bonds. The molecule has 0 heterocycles. The molecule has 0 aliphatic rings. The lowest BCUT2D eigenvalue weighted by Crippen LogP contribution is -2.35. The standard InChI is InChI=1S/C13H26N2O2/c1-5-7-10-14(4)13(17)8-11-15(9-6-2)12(3)16/h5-11H2,1-4H3. The molecule has 0 aliphatic heterocycles. The van der Waals surface area contributed by atoms with E-state index >= 15 is 0 Å². The molecule has 0 N–H and O–H groups in total. The highest BCUT2D eigenvalue weighted by Gasteiger charge is 2.12. The normalized spacial score (nSPS) is 10.1. The third-order valence-electron chi connectivity index (χ3n) is 2.81. The van der Waals surface area contributed by atoms with E-state index in [1.165, 1.54) is 0 Å². The van der Waals surface area contributed by atoms with E-state index in [4.69, 9.17) is 0 Å². The average molecular weight is 242 g/mol. The molecule has 0 bridgehead atoms. The molecule has 0 saturated carbocycles. The lowest BCUT2D eigenvalue weighted by atomic mass is 10.3. The fourth-order valence-electron chi connectivity index (χ4n) is 1.64. The maximum Gasteiger partial charge on any atom is 0.224 e. The largest absolute Gasteiger partial charge is 0.346 e. The molecule has 17 heavy (non-hydrogen) atoms. The van der Waals surface area contributed by atoms with Crippen LogP contribution in [0, 0.1) is 0 Å². The number of amides is 2. The van der Waals surface area contributed by atoms with Crippen molar-refractivity contribution < 1.29 is 9.59 Å². The quantitative estimate of drug-likeness (QED) is 0.652. The average Bonchev–Trinajstić information content (AvgIpc) is 2.30. The zero-order valence-electron chi connectivity index (χ0n) is 11.7. The zero-order valence-corrected chi connectivity index (χ0v) is 11.7. The van der Waals surface area contributed by atoms with Crippen molar-refractivity contribution in [2.24, 2.45) is 0 Å². The van der Waals surface area contributed by atoms with Crippen molar-refractivity contribution in [1.82, 2.24) is 9.80 Å². The van der Waals surface area contributed by atoms with Crippen LogP contribution in [0.5, 0.6) is 0 Å². The molecule has 0 aromatic carbocycles. The Hall–Kier alpha value is -1.06. The zero-order chi connectivity index (χ0) is 13.3. The van der Waals surface area contributed by atoms with Crippen molar-refractivity contribution in [2.45, 2.75) is 46.5 Å². The summed E-state index contributed by atoms with van der Waals surface area (Å²) in [5, 5.41) is 0. The van der Waals surface area contributed by atoms with Gasteiger partial charge in [-0.2, -0.15) is 0 Å². The third-order valence-corrected chi connectivity index (χ3v) is 2.81. The van der Waals surface area contributed by atoms with Crippen molar-refractivity contribution in [3.05, 3.63) is 0 Å². The van der Waals surface area contributed by atoms with E-state index < -0.39 is 0 Å². The van der Waals surface area contributed by atoms with Gasteiger partial charge in [0.2, 0.25) is 11.8 Å². The number of nitrogens with zero attached hydrogens (tertiary/aromatic N) is 2. The summed E-state index contributed by atoms with van der Waals surface area (Å²) in [6.07, 6.45) is 3.49.